The summed E-state index contributed by atoms with van der Waals surface area (Å²) in [4.78, 5) is 3.95. The van der Waals surface area contributed by atoms with Crippen molar-refractivity contribution < 1.29 is 0 Å². The zero-order chi connectivity index (χ0) is 8.72. The van der Waals surface area contributed by atoms with Gasteiger partial charge in [0.15, 0.2) is 5.15 Å². The Bertz CT molecular complexity index is 336. The maximum atomic E-state index is 5.90. The van der Waals surface area contributed by atoms with Crippen molar-refractivity contribution in [2.75, 3.05) is 5.73 Å². The van der Waals surface area contributed by atoms with Crippen molar-refractivity contribution in [3.8, 4) is 0 Å². The number of hydrogen-bond acceptors (Lipinski definition) is 2. The molecule has 1 aromatic rings. The van der Waals surface area contributed by atoms with E-state index in [-0.39, 0.29) is 0 Å². The first-order chi connectivity index (χ1) is 5.70. The lowest BCUT2D eigenvalue weighted by Gasteiger charge is -2.06. The van der Waals surface area contributed by atoms with Crippen LogP contribution in [0.1, 0.15) is 17.5 Å². The number of rotatable bonds is 0. The Morgan fingerprint density at radius 3 is 2.50 bits per heavy atom. The predicted octanol–water partition coefficient (Wildman–Crippen LogP) is 2.46. The summed E-state index contributed by atoms with van der Waals surface area (Å²) in [6.07, 6.45) is 3.05. The van der Waals surface area contributed by atoms with E-state index in [1.54, 1.807) is 0 Å². The SMILES string of the molecule is Nc1c(Cl)nc(Cl)c2c1CCC2. The molecule has 0 unspecified atom stereocenters. The van der Waals surface area contributed by atoms with Crippen molar-refractivity contribution in [3.63, 3.8) is 0 Å². The molecule has 0 fully saturated rings. The molecule has 0 bridgehead atoms. The van der Waals surface area contributed by atoms with Gasteiger partial charge in [0.2, 0.25) is 0 Å². The number of pyridine rings is 1. The number of halogens is 2. The monoisotopic (exact) mass is 202 g/mol. The molecule has 0 saturated carbocycles. The van der Waals surface area contributed by atoms with Crippen LogP contribution < -0.4 is 5.73 Å². The van der Waals surface area contributed by atoms with Gasteiger partial charge >= 0.3 is 0 Å². The number of aromatic nitrogens is 1. The average Bonchev–Trinajstić information content (AvgIpc) is 2.48. The molecule has 2 nitrogen and oxygen atoms in total. The van der Waals surface area contributed by atoms with Crippen LogP contribution >= 0.6 is 23.2 Å². The van der Waals surface area contributed by atoms with Crippen molar-refractivity contribution in [1.29, 1.82) is 0 Å². The second-order valence-electron chi connectivity index (χ2n) is 2.92. The Balaban J connectivity index is 2.69. The van der Waals surface area contributed by atoms with E-state index >= 15 is 0 Å². The summed E-state index contributed by atoms with van der Waals surface area (Å²) in [5.41, 5.74) is 8.53. The number of nitrogens with two attached hydrogens (primary N) is 1. The first-order valence-corrected chi connectivity index (χ1v) is 4.58. The minimum Gasteiger partial charge on any atom is -0.396 e. The third kappa shape index (κ3) is 1.06. The fourth-order valence-corrected chi connectivity index (χ4v) is 2.14. The van der Waals surface area contributed by atoms with Gasteiger partial charge in [-0.3, -0.25) is 0 Å². The summed E-state index contributed by atoms with van der Waals surface area (Å²) in [6.45, 7) is 0. The molecule has 2 rings (SSSR count). The van der Waals surface area contributed by atoms with Crippen molar-refractivity contribution in [2.45, 2.75) is 19.3 Å². The van der Waals surface area contributed by atoms with Crippen molar-refractivity contribution >= 4 is 28.9 Å². The second-order valence-corrected chi connectivity index (χ2v) is 3.63. The lowest BCUT2D eigenvalue weighted by molar-refractivity contribution is 0.911. The van der Waals surface area contributed by atoms with Gasteiger partial charge in [-0.2, -0.15) is 0 Å². The lowest BCUT2D eigenvalue weighted by Crippen LogP contribution is -1.98. The maximum Gasteiger partial charge on any atom is 0.153 e. The molecule has 64 valence electrons. The van der Waals surface area contributed by atoms with E-state index in [1.165, 1.54) is 0 Å². The van der Waals surface area contributed by atoms with E-state index in [2.05, 4.69) is 4.98 Å². The smallest absolute Gasteiger partial charge is 0.153 e. The average molecular weight is 203 g/mol. The molecular formula is C8H8Cl2N2. The standard InChI is InChI=1S/C8H8Cl2N2/c9-7-5-3-1-2-4(5)6(11)8(10)12-7/h1-3,11H2. The van der Waals surface area contributed by atoms with E-state index in [0.717, 1.165) is 30.4 Å². The van der Waals surface area contributed by atoms with Gasteiger partial charge < -0.3 is 5.73 Å². The van der Waals surface area contributed by atoms with Gasteiger partial charge in [-0.1, -0.05) is 23.2 Å². The summed E-state index contributed by atoms with van der Waals surface area (Å²) < 4.78 is 0. The molecule has 1 heterocycles. The molecule has 0 radical (unpaired) electrons. The molecule has 2 N–H and O–H groups in total. The van der Waals surface area contributed by atoms with E-state index in [4.69, 9.17) is 28.9 Å². The third-order valence-electron chi connectivity index (χ3n) is 2.21. The summed E-state index contributed by atoms with van der Waals surface area (Å²) in [5, 5.41) is 0.849. The molecule has 0 saturated heterocycles. The molecule has 4 heteroatoms. The molecule has 0 spiro atoms. The summed E-state index contributed by atoms with van der Waals surface area (Å²) >= 11 is 11.7. The number of anilines is 1. The molecule has 0 aromatic carbocycles. The van der Waals surface area contributed by atoms with Crippen LogP contribution in [0.15, 0.2) is 0 Å². The quantitative estimate of drug-likeness (QED) is 0.657. The van der Waals surface area contributed by atoms with Crippen LogP contribution in [0, 0.1) is 0 Å². The van der Waals surface area contributed by atoms with Gasteiger partial charge in [-0.25, -0.2) is 4.98 Å². The largest absolute Gasteiger partial charge is 0.396 e. The fourth-order valence-electron chi connectivity index (χ4n) is 1.61. The molecule has 0 aliphatic heterocycles. The van der Waals surface area contributed by atoms with E-state index in [0.29, 0.717) is 16.0 Å². The highest BCUT2D eigenvalue weighted by Crippen LogP contribution is 2.35. The number of hydrogen-bond donors (Lipinski definition) is 1. The lowest BCUT2D eigenvalue weighted by atomic mass is 10.1. The van der Waals surface area contributed by atoms with Crippen LogP contribution in [-0.4, -0.2) is 4.98 Å². The van der Waals surface area contributed by atoms with Gasteiger partial charge in [0.25, 0.3) is 0 Å². The summed E-state index contributed by atoms with van der Waals surface area (Å²) in [5.74, 6) is 0. The van der Waals surface area contributed by atoms with Crippen LogP contribution in [0.5, 0.6) is 0 Å². The molecule has 1 aliphatic carbocycles. The first-order valence-electron chi connectivity index (χ1n) is 3.82. The molecule has 0 atom stereocenters. The Kier molecular flexibility index (Phi) is 1.89. The highest BCUT2D eigenvalue weighted by atomic mass is 35.5. The molecule has 1 aromatic heterocycles. The van der Waals surface area contributed by atoms with Gasteiger partial charge in [0.05, 0.1) is 5.69 Å². The Labute approximate surface area is 80.7 Å². The fraction of sp³-hybridized carbons (Fsp3) is 0.375. The number of nitrogen functional groups attached to an aromatic ring is 1. The van der Waals surface area contributed by atoms with E-state index < -0.39 is 0 Å². The van der Waals surface area contributed by atoms with Crippen molar-refractivity contribution in [2.24, 2.45) is 0 Å². The van der Waals surface area contributed by atoms with Crippen molar-refractivity contribution in [3.05, 3.63) is 21.4 Å². The van der Waals surface area contributed by atoms with E-state index in [9.17, 15) is 0 Å². The normalized spacial score (nSPS) is 14.8. The van der Waals surface area contributed by atoms with Gasteiger partial charge in [0, 0.05) is 0 Å². The van der Waals surface area contributed by atoms with Crippen LogP contribution in [0.25, 0.3) is 0 Å². The summed E-state index contributed by atoms with van der Waals surface area (Å²) in [7, 11) is 0. The topological polar surface area (TPSA) is 38.9 Å². The second kappa shape index (κ2) is 2.79. The minimum atomic E-state index is 0.334. The minimum absolute atomic E-state index is 0.334. The van der Waals surface area contributed by atoms with Crippen LogP contribution in [-0.2, 0) is 12.8 Å². The van der Waals surface area contributed by atoms with Crippen molar-refractivity contribution in [1.82, 2.24) is 4.98 Å². The number of nitrogens with zero attached hydrogens (tertiary/aromatic N) is 1. The molecular weight excluding hydrogens is 195 g/mol. The van der Waals surface area contributed by atoms with Gasteiger partial charge in [-0.15, -0.1) is 0 Å². The Hall–Kier alpha value is -0.470. The summed E-state index contributed by atoms with van der Waals surface area (Å²) in [6, 6.07) is 0. The van der Waals surface area contributed by atoms with Crippen LogP contribution in [0.3, 0.4) is 0 Å². The van der Waals surface area contributed by atoms with E-state index in [1.807, 2.05) is 0 Å². The number of fused-ring (bicyclic) bond motifs is 1. The highest BCUT2D eigenvalue weighted by molar-refractivity contribution is 6.34. The highest BCUT2D eigenvalue weighted by Gasteiger charge is 2.19. The van der Waals surface area contributed by atoms with Gasteiger partial charge in [-0.05, 0) is 30.4 Å². The van der Waals surface area contributed by atoms with Crippen LogP contribution in [0.2, 0.25) is 10.3 Å². The predicted molar refractivity (Wildman–Crippen MR) is 50.7 cm³/mol. The maximum absolute atomic E-state index is 5.90. The zero-order valence-corrected chi connectivity index (χ0v) is 7.91. The Morgan fingerprint density at radius 1 is 1.08 bits per heavy atom. The molecule has 1 aliphatic rings. The Morgan fingerprint density at radius 2 is 1.75 bits per heavy atom. The molecule has 12 heavy (non-hydrogen) atoms. The third-order valence-corrected chi connectivity index (χ3v) is 2.81. The van der Waals surface area contributed by atoms with Crippen LogP contribution in [0.4, 0.5) is 5.69 Å². The van der Waals surface area contributed by atoms with Gasteiger partial charge in [0.1, 0.15) is 5.15 Å². The zero-order valence-electron chi connectivity index (χ0n) is 6.40. The first kappa shape index (κ1) is 8.14. The molecule has 0 amide bonds.